The highest BCUT2D eigenvalue weighted by Gasteiger charge is 1.93. The van der Waals surface area contributed by atoms with Crippen molar-refractivity contribution < 1.29 is 0 Å². The van der Waals surface area contributed by atoms with E-state index >= 15 is 0 Å². The minimum atomic E-state index is 0.268. The molecule has 3 nitrogen and oxygen atoms in total. The molecule has 1 heterocycles. The molecule has 1 rings (SSSR count). The van der Waals surface area contributed by atoms with Gasteiger partial charge in [-0.25, -0.2) is 0 Å². The molecule has 0 saturated heterocycles. The van der Waals surface area contributed by atoms with E-state index in [4.69, 9.17) is 5.73 Å². The second kappa shape index (κ2) is 3.37. The van der Waals surface area contributed by atoms with Gasteiger partial charge in [0, 0.05) is 25.0 Å². The summed E-state index contributed by atoms with van der Waals surface area (Å²) in [5, 5.41) is 4.05. The minimum Gasteiger partial charge on any atom is -0.328 e. The number of aryl methyl sites for hydroxylation is 1. The van der Waals surface area contributed by atoms with Crippen LogP contribution in [-0.4, -0.2) is 15.8 Å². The van der Waals surface area contributed by atoms with Crippen LogP contribution in [0.25, 0.3) is 0 Å². The summed E-state index contributed by atoms with van der Waals surface area (Å²) in [7, 11) is 0. The van der Waals surface area contributed by atoms with Crippen LogP contribution in [0.4, 0.5) is 0 Å². The lowest BCUT2D eigenvalue weighted by molar-refractivity contribution is 0.530. The molecule has 56 valence electrons. The van der Waals surface area contributed by atoms with E-state index in [1.165, 1.54) is 0 Å². The number of aromatic nitrogens is 2. The molecule has 2 N–H and O–H groups in total. The molecule has 0 aromatic carbocycles. The molecule has 3 heteroatoms. The van der Waals surface area contributed by atoms with E-state index in [-0.39, 0.29) is 6.04 Å². The number of nitrogens with zero attached hydrogens (tertiary/aromatic N) is 2. The number of hydrogen-bond donors (Lipinski definition) is 1. The van der Waals surface area contributed by atoms with Gasteiger partial charge in [-0.2, -0.15) is 5.10 Å². The molecule has 0 unspecified atom stereocenters. The van der Waals surface area contributed by atoms with Gasteiger partial charge in [0.05, 0.1) is 0 Å². The number of nitrogens with two attached hydrogens (primary N) is 1. The third-order valence-corrected chi connectivity index (χ3v) is 1.37. The SMILES string of the molecule is C[C@@H](N)CCn1cccn1. The first kappa shape index (κ1) is 7.28. The molecule has 0 spiro atoms. The molecule has 10 heavy (non-hydrogen) atoms. The van der Waals surface area contributed by atoms with Crippen LogP contribution in [0, 0.1) is 0 Å². The second-order valence-corrected chi connectivity index (χ2v) is 2.54. The second-order valence-electron chi connectivity index (χ2n) is 2.54. The van der Waals surface area contributed by atoms with Crippen molar-refractivity contribution in [3.05, 3.63) is 18.5 Å². The van der Waals surface area contributed by atoms with Gasteiger partial charge in [-0.1, -0.05) is 0 Å². The van der Waals surface area contributed by atoms with Crippen molar-refractivity contribution in [3.8, 4) is 0 Å². The van der Waals surface area contributed by atoms with Crippen molar-refractivity contribution in [1.82, 2.24) is 9.78 Å². The smallest absolute Gasteiger partial charge is 0.0489 e. The summed E-state index contributed by atoms with van der Waals surface area (Å²) in [6.45, 7) is 2.92. The fourth-order valence-electron chi connectivity index (χ4n) is 0.769. The lowest BCUT2D eigenvalue weighted by Gasteiger charge is -2.03. The van der Waals surface area contributed by atoms with Crippen molar-refractivity contribution in [3.63, 3.8) is 0 Å². The first-order chi connectivity index (χ1) is 4.79. The Morgan fingerprint density at radius 3 is 3.00 bits per heavy atom. The Morgan fingerprint density at radius 1 is 1.70 bits per heavy atom. The molecule has 1 atom stereocenters. The Hall–Kier alpha value is -0.830. The van der Waals surface area contributed by atoms with Gasteiger partial charge in [-0.15, -0.1) is 0 Å². The highest BCUT2D eigenvalue weighted by atomic mass is 15.3. The molecule has 0 fully saturated rings. The van der Waals surface area contributed by atoms with Crippen LogP contribution < -0.4 is 5.73 Å². The predicted octanol–water partition coefficient (Wildman–Crippen LogP) is 0.620. The number of rotatable bonds is 3. The van der Waals surface area contributed by atoms with E-state index < -0.39 is 0 Å². The Balaban J connectivity index is 2.28. The van der Waals surface area contributed by atoms with Crippen molar-refractivity contribution >= 4 is 0 Å². The molecule has 0 aliphatic carbocycles. The van der Waals surface area contributed by atoms with Gasteiger partial charge in [0.1, 0.15) is 0 Å². The van der Waals surface area contributed by atoms with Crippen LogP contribution in [0.5, 0.6) is 0 Å². The minimum absolute atomic E-state index is 0.268. The Bertz CT molecular complexity index is 167. The zero-order chi connectivity index (χ0) is 7.40. The molecule has 0 bridgehead atoms. The molecular formula is C7H13N3. The summed E-state index contributed by atoms with van der Waals surface area (Å²) in [5.74, 6) is 0. The maximum atomic E-state index is 5.57. The molecule has 0 aliphatic rings. The average molecular weight is 139 g/mol. The lowest BCUT2D eigenvalue weighted by Crippen LogP contribution is -2.17. The Morgan fingerprint density at radius 2 is 2.50 bits per heavy atom. The predicted molar refractivity (Wildman–Crippen MR) is 40.5 cm³/mol. The highest BCUT2D eigenvalue weighted by molar-refractivity contribution is 4.77. The summed E-state index contributed by atoms with van der Waals surface area (Å²) in [6.07, 6.45) is 4.71. The van der Waals surface area contributed by atoms with Gasteiger partial charge in [-0.05, 0) is 19.4 Å². The third-order valence-electron chi connectivity index (χ3n) is 1.37. The highest BCUT2D eigenvalue weighted by Crippen LogP contribution is 1.91. The average Bonchev–Trinajstić information content (AvgIpc) is 2.34. The zero-order valence-corrected chi connectivity index (χ0v) is 6.20. The largest absolute Gasteiger partial charge is 0.328 e. The van der Waals surface area contributed by atoms with Gasteiger partial charge in [0.25, 0.3) is 0 Å². The fraction of sp³-hybridized carbons (Fsp3) is 0.571. The molecule has 0 saturated carbocycles. The molecule has 1 aromatic heterocycles. The van der Waals surface area contributed by atoms with E-state index in [2.05, 4.69) is 5.10 Å². The van der Waals surface area contributed by atoms with Gasteiger partial charge in [0.2, 0.25) is 0 Å². The standard InChI is InChI=1S/C7H13N3/c1-7(8)3-6-10-5-2-4-9-10/h2,4-5,7H,3,6,8H2,1H3/t7-/m1/s1. The summed E-state index contributed by atoms with van der Waals surface area (Å²) in [4.78, 5) is 0. The first-order valence-corrected chi connectivity index (χ1v) is 3.52. The topological polar surface area (TPSA) is 43.8 Å². The van der Waals surface area contributed by atoms with Crippen LogP contribution in [0.15, 0.2) is 18.5 Å². The Labute approximate surface area is 60.8 Å². The quantitative estimate of drug-likeness (QED) is 0.667. The third kappa shape index (κ3) is 2.19. The van der Waals surface area contributed by atoms with Crippen LogP contribution in [0.1, 0.15) is 13.3 Å². The van der Waals surface area contributed by atoms with Gasteiger partial charge >= 0.3 is 0 Å². The summed E-state index contributed by atoms with van der Waals surface area (Å²) in [5.41, 5.74) is 5.57. The van der Waals surface area contributed by atoms with E-state index in [1.54, 1.807) is 6.20 Å². The maximum Gasteiger partial charge on any atom is 0.0489 e. The van der Waals surface area contributed by atoms with Crippen LogP contribution >= 0.6 is 0 Å². The van der Waals surface area contributed by atoms with Crippen LogP contribution in [0.3, 0.4) is 0 Å². The van der Waals surface area contributed by atoms with E-state index in [0.717, 1.165) is 13.0 Å². The van der Waals surface area contributed by atoms with Crippen LogP contribution in [0.2, 0.25) is 0 Å². The summed E-state index contributed by atoms with van der Waals surface area (Å²) < 4.78 is 1.89. The number of hydrogen-bond acceptors (Lipinski definition) is 2. The monoisotopic (exact) mass is 139 g/mol. The molecule has 1 aromatic rings. The lowest BCUT2D eigenvalue weighted by atomic mass is 10.2. The maximum absolute atomic E-state index is 5.57. The molecule has 0 radical (unpaired) electrons. The molecule has 0 aliphatic heterocycles. The van der Waals surface area contributed by atoms with Crippen LogP contribution in [-0.2, 0) is 6.54 Å². The molecule has 0 amide bonds. The van der Waals surface area contributed by atoms with Gasteiger partial charge in [-0.3, -0.25) is 4.68 Å². The Kier molecular flexibility index (Phi) is 2.45. The van der Waals surface area contributed by atoms with E-state index in [1.807, 2.05) is 23.9 Å². The normalized spacial score (nSPS) is 13.4. The zero-order valence-electron chi connectivity index (χ0n) is 6.20. The first-order valence-electron chi connectivity index (χ1n) is 3.52. The van der Waals surface area contributed by atoms with Crippen molar-refractivity contribution in [2.24, 2.45) is 5.73 Å². The van der Waals surface area contributed by atoms with Crippen molar-refractivity contribution in [2.75, 3.05) is 0 Å². The summed E-state index contributed by atoms with van der Waals surface area (Å²) >= 11 is 0. The summed E-state index contributed by atoms with van der Waals surface area (Å²) in [6, 6.07) is 2.19. The molecular weight excluding hydrogens is 126 g/mol. The van der Waals surface area contributed by atoms with Gasteiger partial charge in [0.15, 0.2) is 0 Å². The van der Waals surface area contributed by atoms with E-state index in [0.29, 0.717) is 0 Å². The van der Waals surface area contributed by atoms with Crippen molar-refractivity contribution in [1.29, 1.82) is 0 Å². The van der Waals surface area contributed by atoms with E-state index in [9.17, 15) is 0 Å². The van der Waals surface area contributed by atoms with Crippen molar-refractivity contribution in [2.45, 2.75) is 25.9 Å². The fourth-order valence-corrected chi connectivity index (χ4v) is 0.769. The van der Waals surface area contributed by atoms with Gasteiger partial charge < -0.3 is 5.73 Å².